The molecule has 0 heterocycles. The first kappa shape index (κ1) is 33.6. The highest BCUT2D eigenvalue weighted by atomic mass is 35.5. The van der Waals surface area contributed by atoms with E-state index in [1.165, 1.54) is 19.4 Å². The molecule has 0 bridgehead atoms. The zero-order chi connectivity index (χ0) is 26.5. The lowest BCUT2D eigenvalue weighted by atomic mass is 9.93. The van der Waals surface area contributed by atoms with Crippen LogP contribution in [0.25, 0.3) is 0 Å². The molecule has 0 aromatic heterocycles. The number of benzene rings is 1. The molecular formula is C25H41ClN2O8. The number of quaternary nitrogens is 1. The van der Waals surface area contributed by atoms with Crippen molar-refractivity contribution in [2.24, 2.45) is 5.41 Å². The Morgan fingerprint density at radius 1 is 0.972 bits per heavy atom. The molecule has 1 aromatic rings. The van der Waals surface area contributed by atoms with Crippen LogP contribution in [0.3, 0.4) is 0 Å². The SMILES string of the molecule is CC(=O)OCCCOC(=O)OCC(C)(CO)C(=O)OCc1ccc(C[N+](C)(C)CCN(C)C)cc1.[Cl-]. The number of carbonyl (C=O) groups is 3. The summed E-state index contributed by atoms with van der Waals surface area (Å²) < 4.78 is 20.8. The summed E-state index contributed by atoms with van der Waals surface area (Å²) >= 11 is 0. The fraction of sp³-hybridized carbons (Fsp3) is 0.640. The maximum absolute atomic E-state index is 12.6. The second-order valence-corrected chi connectivity index (χ2v) is 9.81. The lowest BCUT2D eigenvalue weighted by Crippen LogP contribution is -3.00. The first-order valence-electron chi connectivity index (χ1n) is 11.6. The van der Waals surface area contributed by atoms with Crippen LogP contribution >= 0.6 is 0 Å². The third kappa shape index (κ3) is 13.6. The molecule has 0 fully saturated rings. The van der Waals surface area contributed by atoms with E-state index in [9.17, 15) is 19.5 Å². The molecule has 0 saturated heterocycles. The summed E-state index contributed by atoms with van der Waals surface area (Å²) in [5.74, 6) is -1.10. The molecule has 0 radical (unpaired) electrons. The van der Waals surface area contributed by atoms with Crippen LogP contribution in [-0.4, -0.2) is 100 Å². The van der Waals surface area contributed by atoms with Crippen molar-refractivity contribution in [3.8, 4) is 0 Å². The lowest BCUT2D eigenvalue weighted by molar-refractivity contribution is -0.903. The van der Waals surface area contributed by atoms with Gasteiger partial charge in [0.2, 0.25) is 0 Å². The molecule has 1 N–H and O–H groups in total. The van der Waals surface area contributed by atoms with Gasteiger partial charge in [0, 0.05) is 25.5 Å². The third-order valence-electron chi connectivity index (χ3n) is 5.32. The average Bonchev–Trinajstić information content (AvgIpc) is 2.80. The minimum atomic E-state index is -1.43. The number of ether oxygens (including phenoxy) is 4. The van der Waals surface area contributed by atoms with Crippen molar-refractivity contribution in [1.29, 1.82) is 0 Å². The number of hydrogen-bond donors (Lipinski definition) is 1. The van der Waals surface area contributed by atoms with E-state index in [1.807, 2.05) is 24.3 Å². The fourth-order valence-electron chi connectivity index (χ4n) is 2.97. The Balaban J connectivity index is 0.0000122. The molecule has 1 atom stereocenters. The molecule has 206 valence electrons. The van der Waals surface area contributed by atoms with Crippen LogP contribution in [0.15, 0.2) is 24.3 Å². The number of rotatable bonds is 15. The van der Waals surface area contributed by atoms with Crippen molar-refractivity contribution >= 4 is 18.1 Å². The van der Waals surface area contributed by atoms with Crippen molar-refractivity contribution in [1.82, 2.24) is 4.90 Å². The molecule has 10 nitrogen and oxygen atoms in total. The van der Waals surface area contributed by atoms with Gasteiger partial charge in [-0.1, -0.05) is 24.3 Å². The Morgan fingerprint density at radius 3 is 2.11 bits per heavy atom. The number of esters is 2. The summed E-state index contributed by atoms with van der Waals surface area (Å²) in [5, 5.41) is 9.70. The van der Waals surface area contributed by atoms with Gasteiger partial charge < -0.3 is 45.8 Å². The van der Waals surface area contributed by atoms with Gasteiger partial charge in [-0.15, -0.1) is 0 Å². The van der Waals surface area contributed by atoms with Crippen LogP contribution in [0.1, 0.15) is 31.4 Å². The van der Waals surface area contributed by atoms with Crippen LogP contribution in [0, 0.1) is 5.41 Å². The van der Waals surface area contributed by atoms with Crippen LogP contribution in [0.4, 0.5) is 4.79 Å². The zero-order valence-electron chi connectivity index (χ0n) is 22.3. The summed E-state index contributed by atoms with van der Waals surface area (Å²) in [5.41, 5.74) is 0.572. The molecule has 0 aliphatic rings. The molecular weight excluding hydrogens is 492 g/mol. The van der Waals surface area contributed by atoms with E-state index in [4.69, 9.17) is 18.9 Å². The number of halogens is 1. The second-order valence-electron chi connectivity index (χ2n) is 9.81. The maximum Gasteiger partial charge on any atom is 0.508 e. The van der Waals surface area contributed by atoms with Gasteiger partial charge in [0.05, 0.1) is 40.5 Å². The van der Waals surface area contributed by atoms with Crippen molar-refractivity contribution in [2.45, 2.75) is 33.4 Å². The Bertz CT molecular complexity index is 817. The quantitative estimate of drug-likeness (QED) is 0.131. The van der Waals surface area contributed by atoms with E-state index in [-0.39, 0.29) is 32.2 Å². The maximum atomic E-state index is 12.6. The van der Waals surface area contributed by atoms with E-state index < -0.39 is 36.7 Å². The van der Waals surface area contributed by atoms with Crippen LogP contribution < -0.4 is 12.4 Å². The Hall–Kier alpha value is -2.40. The summed E-state index contributed by atoms with van der Waals surface area (Å²) in [7, 11) is 8.50. The molecule has 11 heteroatoms. The van der Waals surface area contributed by atoms with Crippen molar-refractivity contribution < 1.29 is 55.3 Å². The number of hydrogen-bond acceptors (Lipinski definition) is 9. The number of carbonyl (C=O) groups excluding carboxylic acids is 3. The number of likely N-dealkylation sites (N-methyl/N-ethyl adjacent to an activating group) is 2. The van der Waals surface area contributed by atoms with Gasteiger partial charge in [-0.2, -0.15) is 0 Å². The van der Waals surface area contributed by atoms with E-state index >= 15 is 0 Å². The van der Waals surface area contributed by atoms with Crippen LogP contribution in [0.2, 0.25) is 0 Å². The summed E-state index contributed by atoms with van der Waals surface area (Å²) in [6, 6.07) is 7.86. The summed E-state index contributed by atoms with van der Waals surface area (Å²) in [6.45, 7) is 4.83. The standard InChI is InChI=1S/C25H41N2O8.ClH/c1-20(29)32-14-7-15-33-24(31)35-19-25(2,18-28)23(30)34-17-22-10-8-21(9-11-22)16-27(5,6)13-12-26(3)4;/h8-11,28H,7,12-19H2,1-6H3;1H/q+1;/p-1. The first-order valence-corrected chi connectivity index (χ1v) is 11.6. The third-order valence-corrected chi connectivity index (χ3v) is 5.32. The Morgan fingerprint density at radius 2 is 1.56 bits per heavy atom. The molecule has 1 rings (SSSR count). The minimum Gasteiger partial charge on any atom is -1.00 e. The molecule has 0 amide bonds. The van der Waals surface area contributed by atoms with Crippen LogP contribution in [0.5, 0.6) is 0 Å². The van der Waals surface area contributed by atoms with Gasteiger partial charge >= 0.3 is 18.1 Å². The van der Waals surface area contributed by atoms with E-state index in [2.05, 4.69) is 33.1 Å². The number of nitrogens with zero attached hydrogens (tertiary/aromatic N) is 2. The van der Waals surface area contributed by atoms with Gasteiger partial charge in [-0.3, -0.25) is 9.59 Å². The van der Waals surface area contributed by atoms with E-state index in [1.54, 1.807) is 0 Å². The normalized spacial score (nSPS) is 12.8. The smallest absolute Gasteiger partial charge is 0.508 e. The van der Waals surface area contributed by atoms with Crippen molar-refractivity contribution in [3.63, 3.8) is 0 Å². The van der Waals surface area contributed by atoms with Crippen molar-refractivity contribution in [3.05, 3.63) is 35.4 Å². The van der Waals surface area contributed by atoms with Gasteiger partial charge in [0.25, 0.3) is 0 Å². The van der Waals surface area contributed by atoms with Crippen molar-refractivity contribution in [2.75, 3.05) is 67.7 Å². The predicted molar refractivity (Wildman–Crippen MR) is 129 cm³/mol. The van der Waals surface area contributed by atoms with E-state index in [0.717, 1.165) is 29.7 Å². The topological polar surface area (TPSA) is 112 Å². The molecule has 1 aromatic carbocycles. The Labute approximate surface area is 220 Å². The molecule has 1 unspecified atom stereocenters. The molecule has 0 aliphatic carbocycles. The fourth-order valence-corrected chi connectivity index (χ4v) is 2.97. The van der Waals surface area contributed by atoms with Gasteiger partial charge in [0.1, 0.15) is 25.2 Å². The summed E-state index contributed by atoms with van der Waals surface area (Å²) in [6.07, 6.45) is -0.665. The highest BCUT2D eigenvalue weighted by Crippen LogP contribution is 2.20. The van der Waals surface area contributed by atoms with E-state index in [0.29, 0.717) is 6.42 Å². The lowest BCUT2D eigenvalue weighted by Gasteiger charge is -2.31. The number of aliphatic hydroxyl groups excluding tert-OH is 1. The molecule has 0 saturated carbocycles. The number of aliphatic hydroxyl groups is 1. The zero-order valence-corrected chi connectivity index (χ0v) is 23.0. The molecule has 0 aliphatic heterocycles. The first-order chi connectivity index (χ1) is 16.4. The molecule has 0 spiro atoms. The van der Waals surface area contributed by atoms with Gasteiger partial charge in [-0.25, -0.2) is 4.79 Å². The predicted octanol–water partition coefficient (Wildman–Crippen LogP) is -1.02. The minimum absolute atomic E-state index is 0. The highest BCUT2D eigenvalue weighted by molar-refractivity contribution is 5.77. The van der Waals surface area contributed by atoms with Crippen LogP contribution in [-0.2, 0) is 41.7 Å². The molecule has 36 heavy (non-hydrogen) atoms. The largest absolute Gasteiger partial charge is 1.00 e. The highest BCUT2D eigenvalue weighted by Gasteiger charge is 2.36. The average molecular weight is 533 g/mol. The Kier molecular flexibility index (Phi) is 15.3. The monoisotopic (exact) mass is 532 g/mol. The summed E-state index contributed by atoms with van der Waals surface area (Å²) in [4.78, 5) is 37.1. The van der Waals surface area contributed by atoms with Gasteiger partial charge in [0.15, 0.2) is 0 Å². The van der Waals surface area contributed by atoms with Gasteiger partial charge in [-0.05, 0) is 26.6 Å². The second kappa shape index (κ2) is 16.4.